The lowest BCUT2D eigenvalue weighted by Gasteiger charge is -2.18. The second kappa shape index (κ2) is 6.28. The number of hydrogen-bond donors (Lipinski definition) is 2. The van der Waals surface area contributed by atoms with E-state index >= 15 is 0 Å². The molecular formula is C16H23N3OS. The molecule has 0 radical (unpaired) electrons. The summed E-state index contributed by atoms with van der Waals surface area (Å²) >= 11 is 1.88. The standard InChI is InChI=1S/C16H23N3OS/c1-4-20-11-5-6-13-14(9-11)19-16(18-13)21-15-8-7-12(17-3)10(15)2/h5-6,9-10,12,15,17H,4,7-8H2,1-3H3,(H,18,19). The highest BCUT2D eigenvalue weighted by Crippen LogP contribution is 2.38. The Morgan fingerprint density at radius 1 is 1.43 bits per heavy atom. The summed E-state index contributed by atoms with van der Waals surface area (Å²) in [4.78, 5) is 8.12. The monoisotopic (exact) mass is 305 g/mol. The number of ether oxygens (including phenoxy) is 1. The molecule has 0 amide bonds. The molecular weight excluding hydrogens is 282 g/mol. The van der Waals surface area contributed by atoms with Crippen LogP contribution in [0.5, 0.6) is 5.75 Å². The summed E-state index contributed by atoms with van der Waals surface area (Å²) in [5.41, 5.74) is 2.07. The molecule has 3 unspecified atom stereocenters. The first-order valence-corrected chi connectivity index (χ1v) is 8.55. The highest BCUT2D eigenvalue weighted by Gasteiger charge is 2.32. The topological polar surface area (TPSA) is 49.9 Å². The van der Waals surface area contributed by atoms with E-state index in [0.29, 0.717) is 23.8 Å². The van der Waals surface area contributed by atoms with Crippen LogP contribution in [-0.4, -0.2) is 34.9 Å². The van der Waals surface area contributed by atoms with E-state index < -0.39 is 0 Å². The zero-order chi connectivity index (χ0) is 14.8. The van der Waals surface area contributed by atoms with E-state index in [9.17, 15) is 0 Å². The van der Waals surface area contributed by atoms with Gasteiger partial charge >= 0.3 is 0 Å². The number of nitrogens with zero attached hydrogens (tertiary/aromatic N) is 1. The van der Waals surface area contributed by atoms with Crippen molar-refractivity contribution in [3.8, 4) is 5.75 Å². The molecule has 5 heteroatoms. The second-order valence-corrected chi connectivity index (χ2v) is 6.87. The van der Waals surface area contributed by atoms with Gasteiger partial charge < -0.3 is 15.0 Å². The minimum absolute atomic E-state index is 0.634. The first-order chi connectivity index (χ1) is 10.2. The van der Waals surface area contributed by atoms with Crippen LogP contribution in [0.4, 0.5) is 0 Å². The number of aromatic nitrogens is 2. The molecule has 2 N–H and O–H groups in total. The molecule has 1 aliphatic rings. The quantitative estimate of drug-likeness (QED) is 0.888. The maximum absolute atomic E-state index is 5.54. The number of hydrogen-bond acceptors (Lipinski definition) is 4. The molecule has 0 aliphatic heterocycles. The number of nitrogens with one attached hydrogen (secondary N) is 2. The van der Waals surface area contributed by atoms with Gasteiger partial charge in [-0.25, -0.2) is 4.98 Å². The molecule has 1 saturated carbocycles. The molecule has 0 bridgehead atoms. The summed E-state index contributed by atoms with van der Waals surface area (Å²) in [5.74, 6) is 1.57. The Hall–Kier alpha value is -1.20. The molecule has 3 rings (SSSR count). The smallest absolute Gasteiger partial charge is 0.166 e. The van der Waals surface area contributed by atoms with Crippen molar-refractivity contribution in [1.82, 2.24) is 15.3 Å². The molecule has 1 heterocycles. The molecule has 0 saturated heterocycles. The first kappa shape index (κ1) is 14.7. The number of fused-ring (bicyclic) bond motifs is 1. The lowest BCUT2D eigenvalue weighted by atomic mass is 10.1. The maximum Gasteiger partial charge on any atom is 0.166 e. The van der Waals surface area contributed by atoms with Crippen molar-refractivity contribution >= 4 is 22.8 Å². The fourth-order valence-electron chi connectivity index (χ4n) is 3.12. The normalized spacial score (nSPS) is 25.6. The fourth-order valence-corrected chi connectivity index (χ4v) is 4.39. The number of rotatable bonds is 5. The minimum Gasteiger partial charge on any atom is -0.494 e. The second-order valence-electron chi connectivity index (χ2n) is 5.64. The fraction of sp³-hybridized carbons (Fsp3) is 0.562. The number of H-pyrrole nitrogens is 1. The Morgan fingerprint density at radius 3 is 3.00 bits per heavy atom. The van der Waals surface area contributed by atoms with Gasteiger partial charge in [-0.2, -0.15) is 0 Å². The summed E-state index contributed by atoms with van der Waals surface area (Å²) in [6.45, 7) is 5.02. The molecule has 1 aromatic carbocycles. The van der Waals surface area contributed by atoms with Gasteiger partial charge in [0.1, 0.15) is 5.75 Å². The van der Waals surface area contributed by atoms with Crippen LogP contribution in [0.3, 0.4) is 0 Å². The SMILES string of the molecule is CCOc1ccc2nc(SC3CCC(NC)C3C)[nH]c2c1. The zero-order valence-electron chi connectivity index (χ0n) is 12.8. The number of thioether (sulfide) groups is 1. The van der Waals surface area contributed by atoms with E-state index in [-0.39, 0.29) is 0 Å². The Bertz CT molecular complexity index is 613. The summed E-state index contributed by atoms with van der Waals surface area (Å²) in [6, 6.07) is 6.67. The molecule has 1 aromatic heterocycles. The molecule has 1 fully saturated rings. The van der Waals surface area contributed by atoms with Gasteiger partial charge in [0.25, 0.3) is 0 Å². The van der Waals surface area contributed by atoms with Crippen LogP contribution in [0.1, 0.15) is 26.7 Å². The highest BCUT2D eigenvalue weighted by atomic mass is 32.2. The van der Waals surface area contributed by atoms with Crippen LogP contribution in [0.2, 0.25) is 0 Å². The van der Waals surface area contributed by atoms with Crippen LogP contribution in [0.25, 0.3) is 11.0 Å². The van der Waals surface area contributed by atoms with Crippen molar-refractivity contribution in [3.05, 3.63) is 18.2 Å². The van der Waals surface area contributed by atoms with Gasteiger partial charge in [0.05, 0.1) is 17.6 Å². The van der Waals surface area contributed by atoms with Crippen LogP contribution in [0, 0.1) is 5.92 Å². The average Bonchev–Trinajstić information content (AvgIpc) is 3.03. The van der Waals surface area contributed by atoms with Crippen LogP contribution in [-0.2, 0) is 0 Å². The molecule has 3 atom stereocenters. The van der Waals surface area contributed by atoms with Gasteiger partial charge in [0.15, 0.2) is 5.16 Å². The maximum atomic E-state index is 5.54. The van der Waals surface area contributed by atoms with E-state index in [2.05, 4.69) is 24.3 Å². The van der Waals surface area contributed by atoms with Crippen molar-refractivity contribution in [2.45, 2.75) is 43.1 Å². The van der Waals surface area contributed by atoms with E-state index in [0.717, 1.165) is 21.9 Å². The van der Waals surface area contributed by atoms with Gasteiger partial charge in [-0.05, 0) is 44.9 Å². The van der Waals surface area contributed by atoms with Crippen LogP contribution >= 0.6 is 11.8 Å². The van der Waals surface area contributed by atoms with Crippen molar-refractivity contribution in [3.63, 3.8) is 0 Å². The molecule has 4 nitrogen and oxygen atoms in total. The van der Waals surface area contributed by atoms with E-state index in [1.807, 2.05) is 36.9 Å². The largest absolute Gasteiger partial charge is 0.494 e. The van der Waals surface area contributed by atoms with Crippen molar-refractivity contribution < 1.29 is 4.74 Å². The lowest BCUT2D eigenvalue weighted by molar-refractivity contribution is 0.340. The third kappa shape index (κ3) is 3.04. The third-order valence-corrected chi connectivity index (χ3v) is 5.74. The molecule has 21 heavy (non-hydrogen) atoms. The highest BCUT2D eigenvalue weighted by molar-refractivity contribution is 7.99. The van der Waals surface area contributed by atoms with E-state index in [4.69, 9.17) is 9.72 Å². The minimum atomic E-state index is 0.634. The number of benzene rings is 1. The lowest BCUT2D eigenvalue weighted by Crippen LogP contribution is -2.30. The van der Waals surface area contributed by atoms with Crippen LogP contribution in [0.15, 0.2) is 23.4 Å². The third-order valence-electron chi connectivity index (χ3n) is 4.36. The molecule has 0 spiro atoms. The van der Waals surface area contributed by atoms with Crippen molar-refractivity contribution in [1.29, 1.82) is 0 Å². The Kier molecular flexibility index (Phi) is 4.40. The van der Waals surface area contributed by atoms with Gasteiger partial charge in [0.2, 0.25) is 0 Å². The number of aromatic amines is 1. The van der Waals surface area contributed by atoms with E-state index in [1.165, 1.54) is 12.8 Å². The van der Waals surface area contributed by atoms with Gasteiger partial charge in [-0.15, -0.1) is 0 Å². The molecule has 2 aromatic rings. The molecule has 1 aliphatic carbocycles. The zero-order valence-corrected chi connectivity index (χ0v) is 13.7. The Morgan fingerprint density at radius 2 is 2.29 bits per heavy atom. The molecule has 114 valence electrons. The van der Waals surface area contributed by atoms with Crippen molar-refractivity contribution in [2.75, 3.05) is 13.7 Å². The Balaban J connectivity index is 1.75. The Labute approximate surface area is 130 Å². The van der Waals surface area contributed by atoms with Crippen molar-refractivity contribution in [2.24, 2.45) is 5.92 Å². The van der Waals surface area contributed by atoms with Gasteiger partial charge in [-0.3, -0.25) is 0 Å². The number of imidazole rings is 1. The summed E-state index contributed by atoms with van der Waals surface area (Å²) < 4.78 is 5.54. The predicted molar refractivity (Wildman–Crippen MR) is 88.2 cm³/mol. The van der Waals surface area contributed by atoms with Crippen LogP contribution < -0.4 is 10.1 Å². The first-order valence-electron chi connectivity index (χ1n) is 7.67. The average molecular weight is 305 g/mol. The van der Waals surface area contributed by atoms with Gasteiger partial charge in [0, 0.05) is 17.4 Å². The predicted octanol–water partition coefficient (Wildman–Crippen LogP) is 3.44. The van der Waals surface area contributed by atoms with Gasteiger partial charge in [-0.1, -0.05) is 18.7 Å². The van der Waals surface area contributed by atoms with E-state index in [1.54, 1.807) is 0 Å². The summed E-state index contributed by atoms with van der Waals surface area (Å²) in [5, 5.41) is 5.07. The summed E-state index contributed by atoms with van der Waals surface area (Å²) in [6.07, 6.45) is 2.50. The summed E-state index contributed by atoms with van der Waals surface area (Å²) in [7, 11) is 2.06.